The average molecular weight is 322 g/mol. The van der Waals surface area contributed by atoms with Crippen molar-refractivity contribution in [2.75, 3.05) is 5.32 Å². The second-order valence-electron chi connectivity index (χ2n) is 4.75. The number of rotatable bonds is 6. The third kappa shape index (κ3) is 4.68. The van der Waals surface area contributed by atoms with Gasteiger partial charge in [0.15, 0.2) is 0 Å². The van der Waals surface area contributed by atoms with Crippen molar-refractivity contribution in [1.29, 1.82) is 5.26 Å². The number of hydrogen-bond acceptors (Lipinski definition) is 5. The molecule has 7 nitrogen and oxygen atoms in total. The monoisotopic (exact) mass is 322 g/mol. The van der Waals surface area contributed by atoms with Crippen molar-refractivity contribution in [2.24, 2.45) is 0 Å². The normalized spacial score (nSPS) is 10.5. The molecule has 0 fully saturated rings. The highest BCUT2D eigenvalue weighted by molar-refractivity contribution is 6.06. The zero-order valence-electron chi connectivity index (χ0n) is 12.6. The fourth-order valence-corrected chi connectivity index (χ4v) is 1.82. The predicted molar refractivity (Wildman–Crippen MR) is 86.8 cm³/mol. The molecule has 0 saturated heterocycles. The summed E-state index contributed by atoms with van der Waals surface area (Å²) in [5.74, 6) is -1.63. The van der Waals surface area contributed by atoms with Gasteiger partial charge in [-0.05, 0) is 35.9 Å². The van der Waals surface area contributed by atoms with Gasteiger partial charge in [-0.1, -0.05) is 6.07 Å². The van der Waals surface area contributed by atoms with Crippen LogP contribution in [0.25, 0.3) is 0 Å². The molecule has 0 aliphatic heterocycles. The van der Waals surface area contributed by atoms with Crippen molar-refractivity contribution < 1.29 is 14.7 Å². The van der Waals surface area contributed by atoms with E-state index in [0.29, 0.717) is 12.2 Å². The van der Waals surface area contributed by atoms with Crippen LogP contribution in [0.1, 0.15) is 15.9 Å². The molecule has 0 aliphatic rings. The Morgan fingerprint density at radius 1 is 1.25 bits per heavy atom. The van der Waals surface area contributed by atoms with E-state index >= 15 is 0 Å². The maximum absolute atomic E-state index is 12.0. The molecule has 120 valence electrons. The molecule has 0 saturated carbocycles. The molecule has 0 bridgehead atoms. The standard InChI is InChI=1S/C17H14N4O3/c18-8-14(11-20-10-12-2-1-7-19-9-12)16(22)21-15-5-3-13(4-6-15)17(23)24/h1-7,9,11,20H,10H2,(H,21,22)(H,23,24)/b14-11-. The number of carboxylic acids is 1. The molecule has 7 heteroatoms. The van der Waals surface area contributed by atoms with Gasteiger partial charge in [0, 0.05) is 30.8 Å². The predicted octanol–water partition coefficient (Wildman–Crippen LogP) is 1.92. The molecule has 24 heavy (non-hydrogen) atoms. The summed E-state index contributed by atoms with van der Waals surface area (Å²) >= 11 is 0. The van der Waals surface area contributed by atoms with Gasteiger partial charge in [0.2, 0.25) is 0 Å². The second kappa shape index (κ2) is 8.10. The maximum atomic E-state index is 12.0. The lowest BCUT2D eigenvalue weighted by Gasteiger charge is -2.05. The van der Waals surface area contributed by atoms with Crippen molar-refractivity contribution in [3.8, 4) is 6.07 Å². The van der Waals surface area contributed by atoms with Crippen molar-refractivity contribution in [3.63, 3.8) is 0 Å². The van der Waals surface area contributed by atoms with E-state index in [4.69, 9.17) is 10.4 Å². The van der Waals surface area contributed by atoms with Crippen LogP contribution < -0.4 is 10.6 Å². The molecule has 1 amide bonds. The zero-order valence-corrected chi connectivity index (χ0v) is 12.6. The number of nitrogens with one attached hydrogen (secondary N) is 2. The highest BCUT2D eigenvalue weighted by Crippen LogP contribution is 2.10. The molecule has 0 spiro atoms. The molecule has 2 aromatic rings. The summed E-state index contributed by atoms with van der Waals surface area (Å²) in [6.07, 6.45) is 4.66. The minimum Gasteiger partial charge on any atom is -0.478 e. The Labute approximate surface area is 138 Å². The Bertz CT molecular complexity index is 793. The number of carbonyl (C=O) groups is 2. The molecular weight excluding hydrogens is 308 g/mol. The van der Waals surface area contributed by atoms with Crippen LogP contribution in [0.3, 0.4) is 0 Å². The number of amides is 1. The summed E-state index contributed by atoms with van der Waals surface area (Å²) in [6, 6.07) is 11.1. The van der Waals surface area contributed by atoms with E-state index < -0.39 is 11.9 Å². The van der Waals surface area contributed by atoms with Crippen LogP contribution in [0.4, 0.5) is 5.69 Å². The van der Waals surface area contributed by atoms with Gasteiger partial charge in [-0.2, -0.15) is 5.26 Å². The Morgan fingerprint density at radius 2 is 2.00 bits per heavy atom. The highest BCUT2D eigenvalue weighted by Gasteiger charge is 2.10. The summed E-state index contributed by atoms with van der Waals surface area (Å²) in [5.41, 5.74) is 1.33. The van der Waals surface area contributed by atoms with Crippen LogP contribution in [-0.4, -0.2) is 22.0 Å². The first kappa shape index (κ1) is 16.7. The van der Waals surface area contributed by atoms with Gasteiger partial charge in [-0.3, -0.25) is 9.78 Å². The van der Waals surface area contributed by atoms with Gasteiger partial charge in [0.05, 0.1) is 5.56 Å². The lowest BCUT2D eigenvalue weighted by Crippen LogP contribution is -2.16. The van der Waals surface area contributed by atoms with Crippen molar-refractivity contribution in [2.45, 2.75) is 6.54 Å². The lowest BCUT2D eigenvalue weighted by molar-refractivity contribution is -0.112. The van der Waals surface area contributed by atoms with Gasteiger partial charge in [0.25, 0.3) is 5.91 Å². The largest absolute Gasteiger partial charge is 0.478 e. The minimum atomic E-state index is -1.05. The van der Waals surface area contributed by atoms with Crippen LogP contribution in [0, 0.1) is 11.3 Å². The van der Waals surface area contributed by atoms with E-state index in [2.05, 4.69) is 15.6 Å². The van der Waals surface area contributed by atoms with Crippen LogP contribution in [-0.2, 0) is 11.3 Å². The van der Waals surface area contributed by atoms with Crippen molar-refractivity contribution in [1.82, 2.24) is 10.3 Å². The Kier molecular flexibility index (Phi) is 5.64. The first-order chi connectivity index (χ1) is 11.6. The van der Waals surface area contributed by atoms with Crippen molar-refractivity contribution >= 4 is 17.6 Å². The van der Waals surface area contributed by atoms with Gasteiger partial charge in [-0.15, -0.1) is 0 Å². The smallest absolute Gasteiger partial charge is 0.335 e. The number of carboxylic acid groups (broad SMARTS) is 1. The van der Waals surface area contributed by atoms with Crippen LogP contribution in [0.5, 0.6) is 0 Å². The van der Waals surface area contributed by atoms with E-state index in [1.807, 2.05) is 12.1 Å². The molecular formula is C17H14N4O3. The summed E-state index contributed by atoms with van der Waals surface area (Å²) in [6.45, 7) is 0.430. The first-order valence-corrected chi connectivity index (χ1v) is 6.97. The number of nitrogens with zero attached hydrogens (tertiary/aromatic N) is 2. The SMILES string of the molecule is N#C/C(=C/NCc1cccnc1)C(=O)Nc1ccc(C(=O)O)cc1. The third-order valence-corrected chi connectivity index (χ3v) is 3.03. The second-order valence-corrected chi connectivity index (χ2v) is 4.75. The fraction of sp³-hybridized carbons (Fsp3) is 0.0588. The molecule has 0 unspecified atom stereocenters. The highest BCUT2D eigenvalue weighted by atomic mass is 16.4. The quantitative estimate of drug-likeness (QED) is 0.553. The first-order valence-electron chi connectivity index (χ1n) is 6.97. The number of anilines is 1. The molecule has 0 radical (unpaired) electrons. The van der Waals surface area contributed by atoms with E-state index in [1.165, 1.54) is 30.5 Å². The molecule has 1 heterocycles. The van der Waals surface area contributed by atoms with E-state index in [9.17, 15) is 9.59 Å². The molecule has 3 N–H and O–H groups in total. The number of hydrogen-bond donors (Lipinski definition) is 3. The molecule has 1 aromatic heterocycles. The summed E-state index contributed by atoms with van der Waals surface area (Å²) in [7, 11) is 0. The van der Waals surface area contributed by atoms with Gasteiger partial charge >= 0.3 is 5.97 Å². The number of pyridine rings is 1. The lowest BCUT2D eigenvalue weighted by atomic mass is 10.2. The Hall–Kier alpha value is -3.66. The zero-order chi connectivity index (χ0) is 17.4. The van der Waals surface area contributed by atoms with Crippen LogP contribution in [0.2, 0.25) is 0 Å². The summed E-state index contributed by atoms with van der Waals surface area (Å²) < 4.78 is 0. The Morgan fingerprint density at radius 3 is 2.58 bits per heavy atom. The molecule has 0 aliphatic carbocycles. The molecule has 1 aromatic carbocycles. The Balaban J connectivity index is 1.96. The fourth-order valence-electron chi connectivity index (χ4n) is 1.82. The van der Waals surface area contributed by atoms with Gasteiger partial charge in [-0.25, -0.2) is 4.79 Å². The number of aromatic carboxylic acids is 1. The average Bonchev–Trinajstić information content (AvgIpc) is 2.60. The molecule has 2 rings (SSSR count). The number of nitriles is 1. The summed E-state index contributed by atoms with van der Waals surface area (Å²) in [5, 5.41) is 23.3. The van der Waals surface area contributed by atoms with Crippen molar-refractivity contribution in [3.05, 3.63) is 71.7 Å². The van der Waals surface area contributed by atoms with E-state index in [-0.39, 0.29) is 11.1 Å². The van der Waals surface area contributed by atoms with E-state index in [0.717, 1.165) is 5.56 Å². The minimum absolute atomic E-state index is 0.0961. The topological polar surface area (TPSA) is 115 Å². The number of benzene rings is 1. The third-order valence-electron chi connectivity index (χ3n) is 3.03. The number of aromatic nitrogens is 1. The van der Waals surface area contributed by atoms with E-state index in [1.54, 1.807) is 18.5 Å². The van der Waals surface area contributed by atoms with Gasteiger partial charge in [0.1, 0.15) is 11.6 Å². The van der Waals surface area contributed by atoms with Gasteiger partial charge < -0.3 is 15.7 Å². The van der Waals surface area contributed by atoms with Crippen LogP contribution >= 0.6 is 0 Å². The van der Waals surface area contributed by atoms with Crippen LogP contribution in [0.15, 0.2) is 60.6 Å². The number of carbonyl (C=O) groups excluding carboxylic acids is 1. The maximum Gasteiger partial charge on any atom is 0.335 e. The molecule has 0 atom stereocenters. The summed E-state index contributed by atoms with van der Waals surface area (Å²) in [4.78, 5) is 26.8.